The molecular formula is C21H32N2O5S. The standard InChI is InChI=1S/C21H32N2O5S/c1-15-6-2-5-9-20(15)29(26,27)22-13-12-17-10-11-18(19(14-24)28-17)23-21(25)16-7-3-4-8-16/h2,5-6,9,16-19,22,24H,3-4,7-8,10-14H2,1H3,(H,23,25)/t17-,18-,19+/m0/s1. The fourth-order valence-corrected chi connectivity index (χ4v) is 5.58. The van der Waals surface area contributed by atoms with Gasteiger partial charge in [-0.15, -0.1) is 0 Å². The van der Waals surface area contributed by atoms with E-state index in [4.69, 9.17) is 4.74 Å². The van der Waals surface area contributed by atoms with Gasteiger partial charge in [0.05, 0.1) is 23.6 Å². The maximum Gasteiger partial charge on any atom is 0.240 e. The average molecular weight is 425 g/mol. The minimum Gasteiger partial charge on any atom is -0.394 e. The van der Waals surface area contributed by atoms with Gasteiger partial charge in [0, 0.05) is 12.5 Å². The van der Waals surface area contributed by atoms with Gasteiger partial charge < -0.3 is 15.2 Å². The van der Waals surface area contributed by atoms with Crippen LogP contribution in [0.4, 0.5) is 0 Å². The number of rotatable bonds is 8. The summed E-state index contributed by atoms with van der Waals surface area (Å²) < 4.78 is 33.5. The second kappa shape index (κ2) is 10.0. The number of carbonyl (C=O) groups is 1. The second-order valence-electron chi connectivity index (χ2n) is 8.10. The van der Waals surface area contributed by atoms with E-state index >= 15 is 0 Å². The third kappa shape index (κ3) is 5.78. The summed E-state index contributed by atoms with van der Waals surface area (Å²) in [5.74, 6) is 0.155. The molecule has 8 heteroatoms. The molecular weight excluding hydrogens is 392 g/mol. The van der Waals surface area contributed by atoms with E-state index in [1.54, 1.807) is 31.2 Å². The molecule has 0 bridgehead atoms. The Kier molecular flexibility index (Phi) is 7.67. The molecule has 0 radical (unpaired) electrons. The van der Waals surface area contributed by atoms with Crippen molar-refractivity contribution < 1.29 is 23.1 Å². The fourth-order valence-electron chi connectivity index (χ4n) is 4.29. The number of sulfonamides is 1. The van der Waals surface area contributed by atoms with E-state index in [1.165, 1.54) is 0 Å². The largest absolute Gasteiger partial charge is 0.394 e. The van der Waals surface area contributed by atoms with Crippen LogP contribution < -0.4 is 10.0 Å². The lowest BCUT2D eigenvalue weighted by atomic mass is 9.96. The van der Waals surface area contributed by atoms with Crippen molar-refractivity contribution in [2.45, 2.75) is 75.0 Å². The van der Waals surface area contributed by atoms with Crippen LogP contribution in [0.3, 0.4) is 0 Å². The molecule has 1 aliphatic carbocycles. The minimum atomic E-state index is -3.56. The highest BCUT2D eigenvalue weighted by Crippen LogP contribution is 2.27. The quantitative estimate of drug-likeness (QED) is 0.591. The lowest BCUT2D eigenvalue weighted by Crippen LogP contribution is -2.52. The zero-order valence-corrected chi connectivity index (χ0v) is 17.8. The number of nitrogens with one attached hydrogen (secondary N) is 2. The molecule has 3 rings (SSSR count). The average Bonchev–Trinajstić information content (AvgIpc) is 3.24. The minimum absolute atomic E-state index is 0.0685. The topological polar surface area (TPSA) is 105 Å². The van der Waals surface area contributed by atoms with E-state index in [9.17, 15) is 18.3 Å². The maximum atomic E-state index is 12.5. The van der Waals surface area contributed by atoms with Gasteiger partial charge in [-0.3, -0.25) is 4.79 Å². The van der Waals surface area contributed by atoms with E-state index < -0.39 is 16.1 Å². The van der Waals surface area contributed by atoms with Gasteiger partial charge in [0.2, 0.25) is 15.9 Å². The zero-order chi connectivity index (χ0) is 20.9. The highest BCUT2D eigenvalue weighted by atomic mass is 32.2. The van der Waals surface area contributed by atoms with E-state index in [1.807, 2.05) is 0 Å². The summed E-state index contributed by atoms with van der Waals surface area (Å²) in [5.41, 5.74) is 0.704. The molecule has 3 N–H and O–H groups in total. The highest BCUT2D eigenvalue weighted by molar-refractivity contribution is 7.89. The SMILES string of the molecule is Cc1ccccc1S(=O)(=O)NCC[C@@H]1CC[C@H](NC(=O)C2CCCC2)[C@@H](CO)O1. The van der Waals surface area contributed by atoms with Crippen LogP contribution in [0, 0.1) is 12.8 Å². The number of benzene rings is 1. The van der Waals surface area contributed by atoms with E-state index in [-0.39, 0.29) is 42.0 Å². The van der Waals surface area contributed by atoms with Gasteiger partial charge >= 0.3 is 0 Å². The van der Waals surface area contributed by atoms with Crippen LogP contribution in [0.2, 0.25) is 0 Å². The summed E-state index contributed by atoms with van der Waals surface area (Å²) in [6, 6.07) is 6.69. The summed E-state index contributed by atoms with van der Waals surface area (Å²) in [4.78, 5) is 12.7. The molecule has 1 aromatic carbocycles. The summed E-state index contributed by atoms with van der Waals surface area (Å²) in [6.07, 6.45) is 5.44. The molecule has 162 valence electrons. The number of hydrogen-bond acceptors (Lipinski definition) is 5. The van der Waals surface area contributed by atoms with Gasteiger partial charge in [-0.2, -0.15) is 0 Å². The van der Waals surface area contributed by atoms with Crippen LogP contribution >= 0.6 is 0 Å². The maximum absolute atomic E-state index is 12.5. The van der Waals surface area contributed by atoms with Gasteiger partial charge in [-0.1, -0.05) is 31.0 Å². The molecule has 1 aliphatic heterocycles. The Hall–Kier alpha value is -1.48. The molecule has 0 unspecified atom stereocenters. The molecule has 0 spiro atoms. The Balaban J connectivity index is 1.47. The number of ether oxygens (including phenoxy) is 1. The Bertz CT molecular complexity index is 792. The summed E-state index contributed by atoms with van der Waals surface area (Å²) in [6.45, 7) is 1.87. The third-order valence-electron chi connectivity index (χ3n) is 5.99. The number of aliphatic hydroxyl groups is 1. The first-order chi connectivity index (χ1) is 13.9. The zero-order valence-electron chi connectivity index (χ0n) is 17.0. The fraction of sp³-hybridized carbons (Fsp3) is 0.667. The Morgan fingerprint density at radius 1 is 1.17 bits per heavy atom. The van der Waals surface area contributed by atoms with Gasteiger partial charge in [0.25, 0.3) is 0 Å². The summed E-state index contributed by atoms with van der Waals surface area (Å²) in [7, 11) is -3.56. The first-order valence-electron chi connectivity index (χ1n) is 10.5. The molecule has 1 saturated carbocycles. The monoisotopic (exact) mass is 424 g/mol. The van der Waals surface area contributed by atoms with Crippen LogP contribution in [-0.2, 0) is 19.6 Å². The second-order valence-corrected chi connectivity index (χ2v) is 9.84. The lowest BCUT2D eigenvalue weighted by Gasteiger charge is -2.36. The molecule has 0 aromatic heterocycles. The van der Waals surface area contributed by atoms with Crippen LogP contribution in [-0.4, -0.2) is 50.8 Å². The molecule has 7 nitrogen and oxygen atoms in total. The number of hydrogen-bond donors (Lipinski definition) is 3. The van der Waals surface area contributed by atoms with Crippen molar-refractivity contribution in [1.29, 1.82) is 0 Å². The molecule has 1 saturated heterocycles. The molecule has 1 heterocycles. The smallest absolute Gasteiger partial charge is 0.240 e. The van der Waals surface area contributed by atoms with Crippen LogP contribution in [0.5, 0.6) is 0 Å². The van der Waals surface area contributed by atoms with E-state index in [2.05, 4.69) is 10.0 Å². The molecule has 3 atom stereocenters. The van der Waals surface area contributed by atoms with Gasteiger partial charge in [-0.25, -0.2) is 13.1 Å². The molecule has 2 aliphatic rings. The molecule has 29 heavy (non-hydrogen) atoms. The van der Waals surface area contributed by atoms with Crippen molar-refractivity contribution in [3.05, 3.63) is 29.8 Å². The van der Waals surface area contributed by atoms with Crippen molar-refractivity contribution in [2.75, 3.05) is 13.2 Å². The van der Waals surface area contributed by atoms with E-state index in [0.29, 0.717) is 12.0 Å². The summed E-state index contributed by atoms with van der Waals surface area (Å²) in [5, 5.41) is 12.8. The Morgan fingerprint density at radius 2 is 1.90 bits per heavy atom. The first-order valence-corrected chi connectivity index (χ1v) is 12.0. The highest BCUT2D eigenvalue weighted by Gasteiger charge is 2.34. The number of aryl methyl sites for hydroxylation is 1. The van der Waals surface area contributed by atoms with Crippen molar-refractivity contribution in [3.63, 3.8) is 0 Å². The van der Waals surface area contributed by atoms with Crippen LogP contribution in [0.1, 0.15) is 50.5 Å². The van der Waals surface area contributed by atoms with Gasteiger partial charge in [-0.05, 0) is 50.7 Å². The van der Waals surface area contributed by atoms with Crippen molar-refractivity contribution in [3.8, 4) is 0 Å². The van der Waals surface area contributed by atoms with Crippen molar-refractivity contribution in [2.24, 2.45) is 5.92 Å². The number of carbonyl (C=O) groups excluding carboxylic acids is 1. The normalized spacial score (nSPS) is 25.8. The van der Waals surface area contributed by atoms with E-state index in [0.717, 1.165) is 38.5 Å². The van der Waals surface area contributed by atoms with Gasteiger partial charge in [0.15, 0.2) is 0 Å². The lowest BCUT2D eigenvalue weighted by molar-refractivity contribution is -0.131. The van der Waals surface area contributed by atoms with Crippen LogP contribution in [0.25, 0.3) is 0 Å². The Labute approximate surface area is 173 Å². The third-order valence-corrected chi connectivity index (χ3v) is 7.61. The molecule has 1 aromatic rings. The molecule has 1 amide bonds. The summed E-state index contributed by atoms with van der Waals surface area (Å²) >= 11 is 0. The predicted molar refractivity (Wildman–Crippen MR) is 110 cm³/mol. The number of amides is 1. The van der Waals surface area contributed by atoms with Crippen molar-refractivity contribution in [1.82, 2.24) is 10.0 Å². The number of aliphatic hydroxyl groups excluding tert-OH is 1. The van der Waals surface area contributed by atoms with Gasteiger partial charge in [0.1, 0.15) is 6.10 Å². The molecule has 2 fully saturated rings. The van der Waals surface area contributed by atoms with Crippen LogP contribution in [0.15, 0.2) is 29.2 Å². The Morgan fingerprint density at radius 3 is 2.59 bits per heavy atom. The first kappa shape index (κ1) is 22.2. The van der Waals surface area contributed by atoms with Crippen molar-refractivity contribution >= 4 is 15.9 Å². The predicted octanol–water partition coefficient (Wildman–Crippen LogP) is 1.88.